The first-order valence-electron chi connectivity index (χ1n) is 3.15. The largest absolute Gasteiger partial charge is 0.507 e. The summed E-state index contributed by atoms with van der Waals surface area (Å²) < 4.78 is 0. The second kappa shape index (κ2) is 2.96. The lowest BCUT2D eigenvalue weighted by Gasteiger charge is -2.01. The highest BCUT2D eigenvalue weighted by molar-refractivity contribution is 7.97. The predicted octanol–water partition coefficient (Wildman–Crippen LogP) is 1.77. The average Bonchev–Trinajstić information content (AvgIpc) is 1.94. The van der Waals surface area contributed by atoms with Crippen LogP contribution in [-0.4, -0.2) is 10.2 Å². The standard InChI is InChI=1S/C8H8O2S/c1-5-3-2-4-6(7(5)9)8(10)11/h2-4,9H,1H3,(H,10,11). The molecule has 3 heteroatoms. The minimum Gasteiger partial charge on any atom is -0.507 e. The third kappa shape index (κ3) is 1.54. The van der Waals surface area contributed by atoms with Gasteiger partial charge >= 0.3 is 0 Å². The van der Waals surface area contributed by atoms with Gasteiger partial charge in [0.25, 0.3) is 0 Å². The Labute approximate surface area is 70.3 Å². The van der Waals surface area contributed by atoms with Crippen molar-refractivity contribution in [1.82, 2.24) is 0 Å². The molecule has 11 heavy (non-hydrogen) atoms. The van der Waals surface area contributed by atoms with Crippen LogP contribution in [0, 0.1) is 6.92 Å². The van der Waals surface area contributed by atoms with E-state index in [1.807, 2.05) is 0 Å². The van der Waals surface area contributed by atoms with Crippen LogP contribution in [0.4, 0.5) is 0 Å². The van der Waals surface area contributed by atoms with Crippen LogP contribution < -0.4 is 0 Å². The van der Waals surface area contributed by atoms with E-state index in [0.717, 1.165) is 0 Å². The molecule has 1 aromatic carbocycles. The third-order valence-corrected chi connectivity index (χ3v) is 1.71. The Kier molecular flexibility index (Phi) is 2.19. The number of thiol groups is 1. The molecule has 0 amide bonds. The number of para-hydroxylation sites is 1. The number of hydrogen-bond acceptors (Lipinski definition) is 2. The second-order valence-corrected chi connectivity index (χ2v) is 2.68. The van der Waals surface area contributed by atoms with E-state index in [9.17, 15) is 9.90 Å². The van der Waals surface area contributed by atoms with Crippen LogP contribution in [0.3, 0.4) is 0 Å². The number of phenols is 1. The molecular formula is C8H8O2S. The lowest BCUT2D eigenvalue weighted by molar-refractivity contribution is 0.108. The zero-order chi connectivity index (χ0) is 8.43. The van der Waals surface area contributed by atoms with Crippen molar-refractivity contribution in [3.05, 3.63) is 29.3 Å². The summed E-state index contributed by atoms with van der Waals surface area (Å²) >= 11 is 3.61. The van der Waals surface area contributed by atoms with E-state index in [0.29, 0.717) is 5.56 Å². The van der Waals surface area contributed by atoms with Gasteiger partial charge in [-0.15, -0.1) is 12.6 Å². The maximum absolute atomic E-state index is 10.7. The Morgan fingerprint density at radius 1 is 1.55 bits per heavy atom. The summed E-state index contributed by atoms with van der Waals surface area (Å²) in [5.41, 5.74) is 0.943. The topological polar surface area (TPSA) is 37.3 Å². The van der Waals surface area contributed by atoms with Crippen molar-refractivity contribution in [1.29, 1.82) is 0 Å². The number of benzene rings is 1. The summed E-state index contributed by atoms with van der Waals surface area (Å²) in [6.07, 6.45) is 0. The van der Waals surface area contributed by atoms with Gasteiger partial charge in [0.2, 0.25) is 5.12 Å². The Bertz CT molecular complexity index is 294. The van der Waals surface area contributed by atoms with Crippen molar-refractivity contribution in [3.63, 3.8) is 0 Å². The van der Waals surface area contributed by atoms with E-state index in [2.05, 4.69) is 12.6 Å². The van der Waals surface area contributed by atoms with Crippen LogP contribution in [0.15, 0.2) is 18.2 Å². The molecule has 0 unspecified atom stereocenters. The van der Waals surface area contributed by atoms with Crippen molar-refractivity contribution in [2.24, 2.45) is 0 Å². The molecule has 0 heterocycles. The van der Waals surface area contributed by atoms with Gasteiger partial charge in [-0.3, -0.25) is 4.79 Å². The molecule has 0 radical (unpaired) electrons. The van der Waals surface area contributed by atoms with E-state index < -0.39 is 5.12 Å². The van der Waals surface area contributed by atoms with Crippen molar-refractivity contribution >= 4 is 17.7 Å². The molecule has 2 nitrogen and oxygen atoms in total. The average molecular weight is 168 g/mol. The number of aromatic hydroxyl groups is 1. The quantitative estimate of drug-likeness (QED) is 0.627. The molecule has 0 saturated heterocycles. The smallest absolute Gasteiger partial charge is 0.220 e. The molecule has 58 valence electrons. The third-order valence-electron chi connectivity index (χ3n) is 1.47. The van der Waals surface area contributed by atoms with Crippen LogP contribution in [0.25, 0.3) is 0 Å². The molecule has 0 aromatic heterocycles. The highest BCUT2D eigenvalue weighted by Gasteiger charge is 2.07. The highest BCUT2D eigenvalue weighted by atomic mass is 32.1. The normalized spacial score (nSPS) is 9.64. The molecule has 0 bridgehead atoms. The van der Waals surface area contributed by atoms with Gasteiger partial charge in [0, 0.05) is 0 Å². The first-order chi connectivity index (χ1) is 5.13. The number of rotatable bonds is 1. The summed E-state index contributed by atoms with van der Waals surface area (Å²) in [5.74, 6) is 0.0208. The highest BCUT2D eigenvalue weighted by Crippen LogP contribution is 2.22. The van der Waals surface area contributed by atoms with Gasteiger partial charge in [0.15, 0.2) is 0 Å². The van der Waals surface area contributed by atoms with Gasteiger partial charge in [0.1, 0.15) is 5.75 Å². The number of carbonyl (C=O) groups excluding carboxylic acids is 1. The zero-order valence-electron chi connectivity index (χ0n) is 6.03. The Balaban J connectivity index is 3.27. The molecular weight excluding hydrogens is 160 g/mol. The molecule has 0 spiro atoms. The minimum atomic E-state index is -0.411. The van der Waals surface area contributed by atoms with Gasteiger partial charge in [0.05, 0.1) is 5.56 Å². The Hall–Kier alpha value is -0.960. The van der Waals surface area contributed by atoms with Crippen molar-refractivity contribution in [2.75, 3.05) is 0 Å². The van der Waals surface area contributed by atoms with E-state index in [1.54, 1.807) is 19.1 Å². The minimum absolute atomic E-state index is 0.0208. The molecule has 1 rings (SSSR count). The molecule has 0 aliphatic rings. The molecule has 0 aliphatic heterocycles. The lowest BCUT2D eigenvalue weighted by Crippen LogP contribution is -1.90. The Morgan fingerprint density at radius 3 is 2.64 bits per heavy atom. The fraction of sp³-hybridized carbons (Fsp3) is 0.125. The van der Waals surface area contributed by atoms with Crippen molar-refractivity contribution in [3.8, 4) is 5.75 Å². The van der Waals surface area contributed by atoms with Gasteiger partial charge in [-0.1, -0.05) is 12.1 Å². The molecule has 1 N–H and O–H groups in total. The van der Waals surface area contributed by atoms with Gasteiger partial charge in [-0.05, 0) is 18.6 Å². The molecule has 0 saturated carbocycles. The van der Waals surface area contributed by atoms with Crippen molar-refractivity contribution in [2.45, 2.75) is 6.92 Å². The maximum atomic E-state index is 10.7. The van der Waals surface area contributed by atoms with Crippen LogP contribution in [0.5, 0.6) is 5.75 Å². The maximum Gasteiger partial charge on any atom is 0.220 e. The first-order valence-corrected chi connectivity index (χ1v) is 3.59. The lowest BCUT2D eigenvalue weighted by atomic mass is 10.1. The second-order valence-electron chi connectivity index (χ2n) is 2.28. The number of aryl methyl sites for hydroxylation is 1. The van der Waals surface area contributed by atoms with Gasteiger partial charge in [-0.2, -0.15) is 0 Å². The van der Waals surface area contributed by atoms with E-state index in [-0.39, 0.29) is 11.3 Å². The van der Waals surface area contributed by atoms with Crippen LogP contribution in [-0.2, 0) is 0 Å². The predicted molar refractivity (Wildman–Crippen MR) is 46.2 cm³/mol. The number of hydrogen-bond donors (Lipinski definition) is 2. The summed E-state index contributed by atoms with van der Waals surface area (Å²) in [7, 11) is 0. The van der Waals surface area contributed by atoms with Crippen LogP contribution in [0.1, 0.15) is 15.9 Å². The van der Waals surface area contributed by atoms with Crippen LogP contribution >= 0.6 is 12.6 Å². The van der Waals surface area contributed by atoms with E-state index >= 15 is 0 Å². The molecule has 1 aromatic rings. The molecule has 0 atom stereocenters. The van der Waals surface area contributed by atoms with E-state index in [1.165, 1.54) is 6.07 Å². The zero-order valence-corrected chi connectivity index (χ0v) is 6.93. The number of carbonyl (C=O) groups is 1. The monoisotopic (exact) mass is 168 g/mol. The summed E-state index contributed by atoms with van der Waals surface area (Å²) in [5, 5.41) is 8.89. The molecule has 0 fully saturated rings. The SMILES string of the molecule is Cc1cccc(C(=O)S)c1O. The van der Waals surface area contributed by atoms with E-state index in [4.69, 9.17) is 0 Å². The fourth-order valence-corrected chi connectivity index (χ4v) is 1.01. The fourth-order valence-electron chi connectivity index (χ4n) is 0.832. The van der Waals surface area contributed by atoms with Gasteiger partial charge < -0.3 is 5.11 Å². The first kappa shape index (κ1) is 8.14. The Morgan fingerprint density at radius 2 is 2.18 bits per heavy atom. The van der Waals surface area contributed by atoms with Crippen LogP contribution in [0.2, 0.25) is 0 Å². The number of phenolic OH excluding ortho intramolecular Hbond substituents is 1. The molecule has 0 aliphatic carbocycles. The van der Waals surface area contributed by atoms with Gasteiger partial charge in [-0.25, -0.2) is 0 Å². The van der Waals surface area contributed by atoms with Crippen molar-refractivity contribution < 1.29 is 9.90 Å². The summed E-state index contributed by atoms with van der Waals surface area (Å²) in [6.45, 7) is 1.73. The summed E-state index contributed by atoms with van der Waals surface area (Å²) in [6, 6.07) is 4.98. The summed E-state index contributed by atoms with van der Waals surface area (Å²) in [4.78, 5) is 10.7.